The fraction of sp³-hybridized carbons (Fsp3) is 0.714. The van der Waals surface area contributed by atoms with E-state index in [9.17, 15) is 5.11 Å². The first-order valence-electron chi connectivity index (χ1n) is 3.30. The molecule has 0 radical (unpaired) electrons. The van der Waals surface area contributed by atoms with Crippen molar-refractivity contribution in [2.24, 2.45) is 0 Å². The summed E-state index contributed by atoms with van der Waals surface area (Å²) in [6.07, 6.45) is 1.47. The molecule has 0 bridgehead atoms. The topological polar surface area (TPSA) is 52.5 Å². The third kappa shape index (κ3) is 4.49. The predicted molar refractivity (Wildman–Crippen MR) is 40.8 cm³/mol. The summed E-state index contributed by atoms with van der Waals surface area (Å²) in [6.45, 7) is 6.14. The summed E-state index contributed by atoms with van der Waals surface area (Å²) < 4.78 is 0. The molecule has 0 saturated heterocycles. The monoisotopic (exact) mass is 145 g/mol. The van der Waals surface area contributed by atoms with Crippen LogP contribution in [-0.4, -0.2) is 35.5 Å². The Morgan fingerprint density at radius 2 is 2.30 bits per heavy atom. The van der Waals surface area contributed by atoms with Crippen molar-refractivity contribution in [1.82, 2.24) is 5.32 Å². The van der Waals surface area contributed by atoms with E-state index in [1.165, 1.54) is 6.08 Å². The number of aliphatic hydroxyl groups is 2. The predicted octanol–water partition coefficient (Wildman–Crippen LogP) is -0.495. The minimum Gasteiger partial charge on any atom is -0.395 e. The van der Waals surface area contributed by atoms with Gasteiger partial charge in [0.1, 0.15) is 0 Å². The van der Waals surface area contributed by atoms with Crippen LogP contribution in [-0.2, 0) is 0 Å². The van der Waals surface area contributed by atoms with Gasteiger partial charge in [-0.2, -0.15) is 0 Å². The summed E-state index contributed by atoms with van der Waals surface area (Å²) in [6, 6.07) is 0. The Kier molecular flexibility index (Phi) is 4.27. The van der Waals surface area contributed by atoms with E-state index in [0.717, 1.165) is 0 Å². The molecule has 0 amide bonds. The molecule has 0 fully saturated rings. The first kappa shape index (κ1) is 9.62. The van der Waals surface area contributed by atoms with Crippen molar-refractivity contribution in [3.05, 3.63) is 12.7 Å². The Balaban J connectivity index is 3.37. The van der Waals surface area contributed by atoms with Crippen molar-refractivity contribution >= 4 is 0 Å². The Hall–Kier alpha value is -0.380. The summed E-state index contributed by atoms with van der Waals surface area (Å²) in [4.78, 5) is 0. The molecular formula is C7H15NO2. The lowest BCUT2D eigenvalue weighted by Gasteiger charge is -2.18. The van der Waals surface area contributed by atoms with Crippen molar-refractivity contribution in [3.8, 4) is 0 Å². The Bertz CT molecular complexity index is 102. The molecule has 0 rings (SSSR count). The number of nitrogens with one attached hydrogen (secondary N) is 1. The molecule has 10 heavy (non-hydrogen) atoms. The molecule has 3 heteroatoms. The first-order chi connectivity index (χ1) is 4.62. The van der Waals surface area contributed by atoms with E-state index < -0.39 is 5.60 Å². The zero-order valence-electron chi connectivity index (χ0n) is 6.30. The van der Waals surface area contributed by atoms with Gasteiger partial charge in [-0.15, -0.1) is 6.58 Å². The van der Waals surface area contributed by atoms with Crippen LogP contribution in [0.1, 0.15) is 6.92 Å². The molecule has 0 aliphatic carbocycles. The molecule has 0 aromatic heterocycles. The van der Waals surface area contributed by atoms with Crippen LogP contribution in [0, 0.1) is 0 Å². The van der Waals surface area contributed by atoms with E-state index in [1.54, 1.807) is 6.92 Å². The fourth-order valence-corrected chi connectivity index (χ4v) is 0.493. The zero-order chi connectivity index (χ0) is 8.04. The molecule has 1 unspecified atom stereocenters. The van der Waals surface area contributed by atoms with Gasteiger partial charge in [-0.05, 0) is 6.92 Å². The van der Waals surface area contributed by atoms with Gasteiger partial charge in [0.2, 0.25) is 0 Å². The summed E-state index contributed by atoms with van der Waals surface area (Å²) in [7, 11) is 0. The highest BCUT2D eigenvalue weighted by atomic mass is 16.3. The Morgan fingerprint density at radius 3 is 2.70 bits per heavy atom. The van der Waals surface area contributed by atoms with E-state index in [4.69, 9.17) is 5.11 Å². The highest BCUT2D eigenvalue weighted by Crippen LogP contribution is 2.00. The summed E-state index contributed by atoms with van der Waals surface area (Å²) in [5.74, 6) is 0. The molecule has 0 saturated carbocycles. The van der Waals surface area contributed by atoms with Crippen LogP contribution in [0.25, 0.3) is 0 Å². The number of hydrogen-bond acceptors (Lipinski definition) is 3. The number of aliphatic hydroxyl groups excluding tert-OH is 1. The van der Waals surface area contributed by atoms with Gasteiger partial charge in [-0.3, -0.25) is 0 Å². The maximum atomic E-state index is 9.29. The van der Waals surface area contributed by atoms with Gasteiger partial charge >= 0.3 is 0 Å². The van der Waals surface area contributed by atoms with Crippen LogP contribution in [0.2, 0.25) is 0 Å². The normalized spacial score (nSPS) is 16.3. The Morgan fingerprint density at radius 1 is 1.70 bits per heavy atom. The lowest BCUT2D eigenvalue weighted by Crippen LogP contribution is -2.36. The van der Waals surface area contributed by atoms with Crippen molar-refractivity contribution in [1.29, 1.82) is 0 Å². The van der Waals surface area contributed by atoms with Crippen molar-refractivity contribution in [2.75, 3.05) is 19.7 Å². The van der Waals surface area contributed by atoms with E-state index in [2.05, 4.69) is 11.9 Å². The lowest BCUT2D eigenvalue weighted by molar-refractivity contribution is 0.109. The van der Waals surface area contributed by atoms with E-state index >= 15 is 0 Å². The third-order valence-corrected chi connectivity index (χ3v) is 1.21. The standard InChI is InChI=1S/C7H15NO2/c1-3-7(2,10)6-8-4-5-9/h3,8-10H,1,4-6H2,2H3. The van der Waals surface area contributed by atoms with Gasteiger partial charge in [0.15, 0.2) is 0 Å². The third-order valence-electron chi connectivity index (χ3n) is 1.21. The van der Waals surface area contributed by atoms with Gasteiger partial charge in [0, 0.05) is 13.1 Å². The summed E-state index contributed by atoms with van der Waals surface area (Å²) >= 11 is 0. The zero-order valence-corrected chi connectivity index (χ0v) is 6.30. The van der Waals surface area contributed by atoms with E-state index in [1.807, 2.05) is 0 Å². The highest BCUT2D eigenvalue weighted by molar-refractivity contribution is 4.93. The molecule has 60 valence electrons. The maximum Gasteiger partial charge on any atom is 0.0920 e. The summed E-state index contributed by atoms with van der Waals surface area (Å²) in [5, 5.41) is 20.5. The van der Waals surface area contributed by atoms with Gasteiger partial charge in [0.05, 0.1) is 12.2 Å². The SMILES string of the molecule is C=CC(C)(O)CNCCO. The van der Waals surface area contributed by atoms with Crippen molar-refractivity contribution < 1.29 is 10.2 Å². The van der Waals surface area contributed by atoms with Crippen LogP contribution < -0.4 is 5.32 Å². The molecule has 0 aromatic carbocycles. The smallest absolute Gasteiger partial charge is 0.0920 e. The van der Waals surface area contributed by atoms with Gasteiger partial charge in [-0.25, -0.2) is 0 Å². The molecule has 1 atom stereocenters. The second-order valence-corrected chi connectivity index (χ2v) is 2.46. The first-order valence-corrected chi connectivity index (χ1v) is 3.30. The maximum absolute atomic E-state index is 9.29. The average molecular weight is 145 g/mol. The minimum atomic E-state index is -0.866. The van der Waals surface area contributed by atoms with Crippen LogP contribution in [0.15, 0.2) is 12.7 Å². The van der Waals surface area contributed by atoms with Crippen LogP contribution in [0.5, 0.6) is 0 Å². The van der Waals surface area contributed by atoms with Crippen LogP contribution in [0.4, 0.5) is 0 Å². The Labute approximate surface area is 61.4 Å². The molecule has 3 N–H and O–H groups in total. The van der Waals surface area contributed by atoms with Gasteiger partial charge < -0.3 is 15.5 Å². The van der Waals surface area contributed by atoms with Crippen molar-refractivity contribution in [3.63, 3.8) is 0 Å². The molecule has 0 spiro atoms. The fourth-order valence-electron chi connectivity index (χ4n) is 0.493. The molecule has 0 aromatic rings. The molecular weight excluding hydrogens is 130 g/mol. The average Bonchev–Trinajstić information content (AvgIpc) is 1.89. The minimum absolute atomic E-state index is 0.0905. The molecule has 0 heterocycles. The molecule has 0 aliphatic heterocycles. The van der Waals surface area contributed by atoms with E-state index in [-0.39, 0.29) is 6.61 Å². The number of hydrogen-bond donors (Lipinski definition) is 3. The number of rotatable bonds is 5. The van der Waals surface area contributed by atoms with Crippen LogP contribution in [0.3, 0.4) is 0 Å². The van der Waals surface area contributed by atoms with Gasteiger partial charge in [0.25, 0.3) is 0 Å². The quantitative estimate of drug-likeness (QED) is 0.361. The van der Waals surface area contributed by atoms with E-state index in [0.29, 0.717) is 13.1 Å². The summed E-state index contributed by atoms with van der Waals surface area (Å²) in [5.41, 5.74) is -0.866. The van der Waals surface area contributed by atoms with Crippen LogP contribution >= 0.6 is 0 Å². The second-order valence-electron chi connectivity index (χ2n) is 2.46. The second kappa shape index (κ2) is 4.44. The largest absolute Gasteiger partial charge is 0.395 e. The molecule has 3 nitrogen and oxygen atoms in total. The lowest BCUT2D eigenvalue weighted by atomic mass is 10.1. The molecule has 0 aliphatic rings. The van der Waals surface area contributed by atoms with Gasteiger partial charge in [-0.1, -0.05) is 6.08 Å². The highest BCUT2D eigenvalue weighted by Gasteiger charge is 2.13. The van der Waals surface area contributed by atoms with Crippen molar-refractivity contribution in [2.45, 2.75) is 12.5 Å².